The van der Waals surface area contributed by atoms with E-state index in [0.717, 1.165) is 51.0 Å². The summed E-state index contributed by atoms with van der Waals surface area (Å²) in [6, 6.07) is 7.34. The lowest BCUT2D eigenvalue weighted by molar-refractivity contribution is -0.142. The van der Waals surface area contributed by atoms with E-state index in [2.05, 4.69) is 4.98 Å². The Hall–Kier alpha value is -2.54. The molecule has 0 N–H and O–H groups in total. The van der Waals surface area contributed by atoms with Crippen molar-refractivity contribution in [3.63, 3.8) is 0 Å². The fourth-order valence-electron chi connectivity index (χ4n) is 5.15. The fraction of sp³-hybridized carbons (Fsp3) is 0.577. The summed E-state index contributed by atoms with van der Waals surface area (Å²) in [6.45, 7) is 5.55. The van der Waals surface area contributed by atoms with Crippen LogP contribution in [0.15, 0.2) is 36.7 Å². The van der Waals surface area contributed by atoms with Crippen molar-refractivity contribution < 1.29 is 14.3 Å². The minimum Gasteiger partial charge on any atom is -0.493 e. The number of nitrogens with zero attached hydrogens (tertiary/aromatic N) is 4. The van der Waals surface area contributed by atoms with Crippen LogP contribution < -0.4 is 4.74 Å². The standard InChI is InChI=1S/C26H35ClN4O3/c1-2-23-28-11-15-30(23)18-25(33)31-14-7-10-26(19-31,17-24(32)29-12-4-3-5-13-29)20-34-22-9-6-8-21(27)16-22/h6,8-9,11,15-16H,2-5,7,10,12-14,17-20H2,1H3/t26-/m0/s1. The normalized spacial score (nSPS) is 20.9. The molecule has 8 heteroatoms. The van der Waals surface area contributed by atoms with Crippen LogP contribution in [0.3, 0.4) is 0 Å². The zero-order valence-corrected chi connectivity index (χ0v) is 20.8. The largest absolute Gasteiger partial charge is 0.493 e. The van der Waals surface area contributed by atoms with Gasteiger partial charge in [0.25, 0.3) is 0 Å². The first-order chi connectivity index (χ1) is 16.5. The molecule has 2 aliphatic rings. The first-order valence-electron chi connectivity index (χ1n) is 12.4. The number of carbonyl (C=O) groups is 2. The predicted octanol–water partition coefficient (Wildman–Crippen LogP) is 4.19. The number of likely N-dealkylation sites (tertiary alicyclic amines) is 2. The van der Waals surface area contributed by atoms with E-state index < -0.39 is 5.41 Å². The molecule has 0 spiro atoms. The quantitative estimate of drug-likeness (QED) is 0.561. The number of rotatable bonds is 8. The second-order valence-electron chi connectivity index (χ2n) is 9.61. The zero-order chi connectivity index (χ0) is 24.0. The van der Waals surface area contributed by atoms with E-state index in [9.17, 15) is 9.59 Å². The molecule has 0 aliphatic carbocycles. The zero-order valence-electron chi connectivity index (χ0n) is 20.0. The summed E-state index contributed by atoms with van der Waals surface area (Å²) >= 11 is 6.14. The van der Waals surface area contributed by atoms with Gasteiger partial charge in [0.1, 0.15) is 18.1 Å². The lowest BCUT2D eigenvalue weighted by Gasteiger charge is -2.43. The number of ether oxygens (including phenoxy) is 1. The van der Waals surface area contributed by atoms with Crippen molar-refractivity contribution in [2.75, 3.05) is 32.8 Å². The molecule has 34 heavy (non-hydrogen) atoms. The highest BCUT2D eigenvalue weighted by atomic mass is 35.5. The Labute approximate surface area is 207 Å². The lowest BCUT2D eigenvalue weighted by atomic mass is 9.77. The van der Waals surface area contributed by atoms with Crippen LogP contribution in [-0.4, -0.2) is 64.0 Å². The number of imidazole rings is 1. The Balaban J connectivity index is 1.49. The maximum Gasteiger partial charge on any atom is 0.242 e. The summed E-state index contributed by atoms with van der Waals surface area (Å²) in [5.74, 6) is 1.82. The number of amides is 2. The summed E-state index contributed by atoms with van der Waals surface area (Å²) < 4.78 is 8.10. The van der Waals surface area contributed by atoms with E-state index in [1.165, 1.54) is 6.42 Å². The van der Waals surface area contributed by atoms with Crippen molar-refractivity contribution in [3.8, 4) is 5.75 Å². The number of benzene rings is 1. The van der Waals surface area contributed by atoms with Crippen molar-refractivity contribution in [2.45, 2.75) is 58.4 Å². The predicted molar refractivity (Wildman–Crippen MR) is 132 cm³/mol. The Morgan fingerprint density at radius 1 is 1.09 bits per heavy atom. The number of piperidine rings is 2. The van der Waals surface area contributed by atoms with Crippen molar-refractivity contribution in [1.29, 1.82) is 0 Å². The smallest absolute Gasteiger partial charge is 0.242 e. The maximum atomic E-state index is 13.3. The first kappa shape index (κ1) is 24.6. The summed E-state index contributed by atoms with van der Waals surface area (Å²) in [6.07, 6.45) is 9.78. The molecule has 184 valence electrons. The van der Waals surface area contributed by atoms with Gasteiger partial charge in [-0.2, -0.15) is 0 Å². The van der Waals surface area contributed by atoms with E-state index in [4.69, 9.17) is 16.3 Å². The van der Waals surface area contributed by atoms with Gasteiger partial charge in [-0.3, -0.25) is 9.59 Å². The number of hydrogen-bond donors (Lipinski definition) is 0. The molecule has 1 aromatic carbocycles. The van der Waals surface area contributed by atoms with E-state index in [0.29, 0.717) is 36.9 Å². The number of carbonyl (C=O) groups excluding carboxylic acids is 2. The summed E-state index contributed by atoms with van der Waals surface area (Å²) in [4.78, 5) is 34.8. The molecule has 2 amide bonds. The van der Waals surface area contributed by atoms with E-state index in [1.807, 2.05) is 45.7 Å². The van der Waals surface area contributed by atoms with Crippen LogP contribution >= 0.6 is 11.6 Å². The molecule has 1 aromatic heterocycles. The molecule has 0 unspecified atom stereocenters. The second-order valence-corrected chi connectivity index (χ2v) is 10.0. The van der Waals surface area contributed by atoms with Crippen molar-refractivity contribution >= 4 is 23.4 Å². The highest BCUT2D eigenvalue weighted by molar-refractivity contribution is 6.30. The number of halogens is 1. The van der Waals surface area contributed by atoms with Gasteiger partial charge in [0.15, 0.2) is 0 Å². The molecular weight excluding hydrogens is 452 g/mol. The molecule has 2 saturated heterocycles. The van der Waals surface area contributed by atoms with Crippen LogP contribution in [0.25, 0.3) is 0 Å². The van der Waals surface area contributed by atoms with Crippen LogP contribution in [0.2, 0.25) is 5.02 Å². The number of aromatic nitrogens is 2. The highest BCUT2D eigenvalue weighted by Gasteiger charge is 2.41. The van der Waals surface area contributed by atoms with E-state index in [1.54, 1.807) is 12.3 Å². The molecule has 0 radical (unpaired) electrons. The van der Waals surface area contributed by atoms with Gasteiger partial charge in [-0.05, 0) is 50.3 Å². The van der Waals surface area contributed by atoms with Crippen LogP contribution in [0.4, 0.5) is 0 Å². The average molecular weight is 487 g/mol. The molecule has 2 aromatic rings. The van der Waals surface area contributed by atoms with Gasteiger partial charge in [-0.25, -0.2) is 4.98 Å². The van der Waals surface area contributed by atoms with Crippen LogP contribution in [0.1, 0.15) is 51.3 Å². The Bertz CT molecular complexity index is 988. The first-order valence-corrected chi connectivity index (χ1v) is 12.8. The van der Waals surface area contributed by atoms with Gasteiger partial charge >= 0.3 is 0 Å². The van der Waals surface area contributed by atoms with Crippen molar-refractivity contribution in [3.05, 3.63) is 47.5 Å². The van der Waals surface area contributed by atoms with Crippen molar-refractivity contribution in [1.82, 2.24) is 19.4 Å². The topological polar surface area (TPSA) is 67.7 Å². The van der Waals surface area contributed by atoms with Gasteiger partial charge in [0.2, 0.25) is 11.8 Å². The third-order valence-electron chi connectivity index (χ3n) is 7.01. The molecule has 7 nitrogen and oxygen atoms in total. The van der Waals surface area contributed by atoms with Gasteiger partial charge in [-0.15, -0.1) is 0 Å². The Kier molecular flexibility index (Phi) is 8.14. The maximum absolute atomic E-state index is 13.3. The third kappa shape index (κ3) is 6.12. The number of aryl methyl sites for hydroxylation is 1. The Morgan fingerprint density at radius 3 is 2.65 bits per heavy atom. The van der Waals surface area contributed by atoms with Crippen LogP contribution in [0.5, 0.6) is 5.75 Å². The van der Waals surface area contributed by atoms with Crippen molar-refractivity contribution in [2.24, 2.45) is 5.41 Å². The molecule has 0 bridgehead atoms. The molecule has 4 rings (SSSR count). The summed E-state index contributed by atoms with van der Waals surface area (Å²) in [5, 5.41) is 0.614. The average Bonchev–Trinajstić information content (AvgIpc) is 3.30. The van der Waals surface area contributed by atoms with Crippen LogP contribution in [0, 0.1) is 5.41 Å². The molecule has 2 fully saturated rings. The van der Waals surface area contributed by atoms with Crippen LogP contribution in [-0.2, 0) is 22.6 Å². The van der Waals surface area contributed by atoms with Gasteiger partial charge in [-0.1, -0.05) is 24.6 Å². The third-order valence-corrected chi connectivity index (χ3v) is 7.25. The molecule has 1 atom stereocenters. The highest BCUT2D eigenvalue weighted by Crippen LogP contribution is 2.36. The molecule has 3 heterocycles. The summed E-state index contributed by atoms with van der Waals surface area (Å²) in [7, 11) is 0. The summed E-state index contributed by atoms with van der Waals surface area (Å²) in [5.41, 5.74) is -0.423. The minimum absolute atomic E-state index is 0.0601. The fourth-order valence-corrected chi connectivity index (χ4v) is 5.33. The lowest BCUT2D eigenvalue weighted by Crippen LogP contribution is -2.52. The van der Waals surface area contributed by atoms with Gasteiger partial charge in [0.05, 0.1) is 6.61 Å². The molecular formula is C26H35ClN4O3. The van der Waals surface area contributed by atoms with E-state index >= 15 is 0 Å². The number of hydrogen-bond acceptors (Lipinski definition) is 4. The molecule has 0 saturated carbocycles. The second kappa shape index (κ2) is 11.3. The van der Waals surface area contributed by atoms with Gasteiger partial charge in [0, 0.05) is 61.9 Å². The van der Waals surface area contributed by atoms with Gasteiger partial charge < -0.3 is 19.1 Å². The Morgan fingerprint density at radius 2 is 1.88 bits per heavy atom. The monoisotopic (exact) mass is 486 g/mol. The minimum atomic E-state index is -0.423. The SMILES string of the molecule is CCc1nccn1CC(=O)N1CCC[C@](COc2cccc(Cl)c2)(CC(=O)N2CCCCC2)C1. The molecule has 2 aliphatic heterocycles. The van der Waals surface area contributed by atoms with E-state index in [-0.39, 0.29) is 18.4 Å².